The van der Waals surface area contributed by atoms with Gasteiger partial charge in [-0.3, -0.25) is 9.97 Å². The van der Waals surface area contributed by atoms with Crippen LogP contribution in [-0.4, -0.2) is 15.0 Å². The number of nitriles is 1. The maximum absolute atomic E-state index is 9.38. The third kappa shape index (κ3) is 5.29. The smallest absolute Gasteiger partial charge is 0.143 e. The van der Waals surface area contributed by atoms with Crippen LogP contribution in [-0.2, 0) is 0 Å². The Kier molecular flexibility index (Phi) is 7.12. The van der Waals surface area contributed by atoms with Crippen molar-refractivity contribution < 1.29 is 4.42 Å². The first-order valence-corrected chi connectivity index (χ1v) is 17.5. The molecule has 0 saturated carbocycles. The van der Waals surface area contributed by atoms with Gasteiger partial charge in [0.05, 0.1) is 23.0 Å². The van der Waals surface area contributed by atoms with Crippen LogP contribution in [0.25, 0.3) is 99.4 Å². The van der Waals surface area contributed by atoms with Gasteiger partial charge in [-0.25, -0.2) is 4.98 Å². The summed E-state index contributed by atoms with van der Waals surface area (Å²) in [6.07, 6.45) is 7.25. The molecule has 0 amide bonds. The summed E-state index contributed by atoms with van der Waals surface area (Å²) in [5, 5.41) is 16.1. The molecule has 0 N–H and O–H groups in total. The van der Waals surface area contributed by atoms with Crippen molar-refractivity contribution in [3.05, 3.63) is 176 Å². The first kappa shape index (κ1) is 30.4. The van der Waals surface area contributed by atoms with E-state index in [-0.39, 0.29) is 0 Å². The van der Waals surface area contributed by atoms with Crippen molar-refractivity contribution in [2.24, 2.45) is 0 Å². The minimum atomic E-state index is 0.654. The van der Waals surface area contributed by atoms with Crippen LogP contribution >= 0.6 is 0 Å². The Morgan fingerprint density at radius 1 is 0.434 bits per heavy atom. The van der Waals surface area contributed by atoms with E-state index < -0.39 is 0 Å². The van der Waals surface area contributed by atoms with Gasteiger partial charge in [0.25, 0.3) is 0 Å². The van der Waals surface area contributed by atoms with Crippen LogP contribution in [0.5, 0.6) is 0 Å². The molecular formula is C48H28N4O. The summed E-state index contributed by atoms with van der Waals surface area (Å²) in [5.41, 5.74) is 12.4. The number of benzene rings is 6. The van der Waals surface area contributed by atoms with Gasteiger partial charge in [0.15, 0.2) is 0 Å². The fourth-order valence-electron chi connectivity index (χ4n) is 7.46. The number of para-hydroxylation sites is 1. The third-order valence-electron chi connectivity index (χ3n) is 10.1. The van der Waals surface area contributed by atoms with Gasteiger partial charge in [-0.05, 0) is 116 Å². The van der Waals surface area contributed by atoms with Crippen molar-refractivity contribution in [1.82, 2.24) is 15.0 Å². The van der Waals surface area contributed by atoms with Gasteiger partial charge in [-0.1, -0.05) is 78.9 Å². The molecule has 6 aromatic carbocycles. The molecule has 0 spiro atoms. The van der Waals surface area contributed by atoms with Crippen LogP contribution in [0.2, 0.25) is 0 Å². The monoisotopic (exact) mass is 676 g/mol. The van der Waals surface area contributed by atoms with Crippen LogP contribution in [0.3, 0.4) is 0 Å². The highest BCUT2D eigenvalue weighted by molar-refractivity contribution is 6.30. The first-order valence-electron chi connectivity index (χ1n) is 17.5. The fraction of sp³-hybridized carbons (Fsp3) is 0. The van der Waals surface area contributed by atoms with Crippen LogP contribution in [0.15, 0.2) is 175 Å². The minimum Gasteiger partial charge on any atom is -0.455 e. The number of hydrogen-bond donors (Lipinski definition) is 0. The van der Waals surface area contributed by atoms with E-state index in [2.05, 4.69) is 101 Å². The highest BCUT2D eigenvalue weighted by Gasteiger charge is 2.18. The lowest BCUT2D eigenvalue weighted by molar-refractivity contribution is 0.673. The maximum atomic E-state index is 9.38. The summed E-state index contributed by atoms with van der Waals surface area (Å²) in [4.78, 5) is 13.8. The van der Waals surface area contributed by atoms with E-state index in [9.17, 15) is 5.26 Å². The summed E-state index contributed by atoms with van der Waals surface area (Å²) in [6, 6.07) is 52.4. The quantitative estimate of drug-likeness (QED) is 0.170. The minimum absolute atomic E-state index is 0.654. The number of aromatic nitrogens is 3. The third-order valence-corrected chi connectivity index (χ3v) is 10.1. The van der Waals surface area contributed by atoms with Crippen molar-refractivity contribution in [1.29, 1.82) is 5.26 Å². The summed E-state index contributed by atoms with van der Waals surface area (Å²) in [5.74, 6) is 0. The lowest BCUT2D eigenvalue weighted by Crippen LogP contribution is -1.92. The summed E-state index contributed by atoms with van der Waals surface area (Å²) in [7, 11) is 0. The topological polar surface area (TPSA) is 75.6 Å². The first-order chi connectivity index (χ1) is 26.2. The normalized spacial score (nSPS) is 11.4. The Morgan fingerprint density at radius 3 is 1.68 bits per heavy atom. The molecule has 0 bridgehead atoms. The molecular weight excluding hydrogens is 649 g/mol. The predicted molar refractivity (Wildman–Crippen MR) is 214 cm³/mol. The molecule has 53 heavy (non-hydrogen) atoms. The molecule has 0 saturated heterocycles. The molecule has 0 aliphatic rings. The second-order valence-corrected chi connectivity index (χ2v) is 13.2. The van der Waals surface area contributed by atoms with Crippen molar-refractivity contribution in [2.75, 3.05) is 0 Å². The molecule has 0 atom stereocenters. The number of nitrogens with zero attached hydrogens (tertiary/aromatic N) is 4. The Labute approximate surface area is 305 Å². The van der Waals surface area contributed by atoms with Gasteiger partial charge in [-0.15, -0.1) is 0 Å². The summed E-state index contributed by atoms with van der Waals surface area (Å²) in [6.45, 7) is 0. The maximum Gasteiger partial charge on any atom is 0.143 e. The predicted octanol–water partition coefficient (Wildman–Crippen LogP) is 12.3. The van der Waals surface area contributed by atoms with E-state index >= 15 is 0 Å². The Bertz CT molecular complexity index is 2990. The number of pyridine rings is 3. The molecule has 0 fully saturated rings. The number of fused-ring (bicyclic) bond motifs is 8. The molecule has 5 nitrogen and oxygen atoms in total. The van der Waals surface area contributed by atoms with Crippen LogP contribution in [0.4, 0.5) is 0 Å². The zero-order valence-electron chi connectivity index (χ0n) is 28.4. The highest BCUT2D eigenvalue weighted by atomic mass is 16.3. The second-order valence-electron chi connectivity index (χ2n) is 13.2. The molecule has 4 heterocycles. The van der Waals surface area contributed by atoms with Gasteiger partial charge in [0.1, 0.15) is 11.2 Å². The SMILES string of the molecule is N#Cc1cccc(-c2ccc(-c3ccc4c5ccc(-c6cc(-c7cccnc7)nc(-c7cccnc7)c6)cc5c5oc6ccccc6c5c4c3)cc2)c1. The number of rotatable bonds is 5. The Morgan fingerprint density at radius 2 is 1.02 bits per heavy atom. The van der Waals surface area contributed by atoms with Gasteiger partial charge in [0.2, 0.25) is 0 Å². The van der Waals surface area contributed by atoms with E-state index in [1.807, 2.05) is 73.1 Å². The van der Waals surface area contributed by atoms with Gasteiger partial charge >= 0.3 is 0 Å². The zero-order valence-corrected chi connectivity index (χ0v) is 28.4. The van der Waals surface area contributed by atoms with E-state index in [0.29, 0.717) is 5.56 Å². The molecule has 0 radical (unpaired) electrons. The van der Waals surface area contributed by atoms with E-state index in [0.717, 1.165) is 94.0 Å². The summed E-state index contributed by atoms with van der Waals surface area (Å²) >= 11 is 0. The molecule has 4 aromatic heterocycles. The van der Waals surface area contributed by atoms with Crippen molar-refractivity contribution in [3.8, 4) is 62.0 Å². The largest absolute Gasteiger partial charge is 0.455 e. The molecule has 0 aliphatic heterocycles. The zero-order chi connectivity index (χ0) is 35.3. The highest BCUT2D eigenvalue weighted by Crippen LogP contribution is 2.43. The van der Waals surface area contributed by atoms with Gasteiger partial charge in [-0.2, -0.15) is 5.26 Å². The molecule has 10 rings (SSSR count). The second kappa shape index (κ2) is 12.4. The van der Waals surface area contributed by atoms with E-state index in [1.165, 1.54) is 5.39 Å². The van der Waals surface area contributed by atoms with Crippen molar-refractivity contribution >= 4 is 43.5 Å². The molecule has 246 valence electrons. The summed E-state index contributed by atoms with van der Waals surface area (Å²) < 4.78 is 6.73. The number of hydrogen-bond acceptors (Lipinski definition) is 5. The van der Waals surface area contributed by atoms with Gasteiger partial charge in [0, 0.05) is 52.1 Å². The van der Waals surface area contributed by atoms with E-state index in [1.54, 1.807) is 12.4 Å². The molecule has 5 heteroatoms. The molecule has 10 aromatic rings. The number of furan rings is 1. The van der Waals surface area contributed by atoms with Gasteiger partial charge < -0.3 is 4.42 Å². The van der Waals surface area contributed by atoms with Crippen LogP contribution in [0.1, 0.15) is 5.56 Å². The average molecular weight is 677 g/mol. The molecule has 0 unspecified atom stereocenters. The standard InChI is InChI=1S/C48H28N4O/c49-27-30-6-3-7-33(22-30)31-12-14-32(15-13-31)34-16-18-39-40-19-17-35(24-43(40)48-47(42(39)23-34)41-10-1-2-11-46(41)53-48)38-25-44(36-8-4-20-50-28-36)52-45(26-38)37-9-5-21-51-29-37/h1-26,28-29H. The lowest BCUT2D eigenvalue weighted by Gasteiger charge is -2.13. The van der Waals surface area contributed by atoms with Crippen molar-refractivity contribution in [3.63, 3.8) is 0 Å². The molecule has 0 aliphatic carbocycles. The lowest BCUT2D eigenvalue weighted by atomic mass is 9.91. The van der Waals surface area contributed by atoms with Crippen molar-refractivity contribution in [2.45, 2.75) is 0 Å². The van der Waals surface area contributed by atoms with Crippen LogP contribution < -0.4 is 0 Å². The average Bonchev–Trinajstić information content (AvgIpc) is 3.64. The fourth-order valence-corrected chi connectivity index (χ4v) is 7.46. The Balaban J connectivity index is 1.15. The van der Waals surface area contributed by atoms with Crippen LogP contribution in [0, 0.1) is 11.3 Å². The van der Waals surface area contributed by atoms with E-state index in [4.69, 9.17) is 9.40 Å². The Hall–Kier alpha value is -7.42.